The lowest BCUT2D eigenvalue weighted by molar-refractivity contribution is 0.311. The molecule has 0 aliphatic rings. The zero-order valence-electron chi connectivity index (χ0n) is 20.3. The Morgan fingerprint density at radius 1 is 0.973 bits per heavy atom. The average molecular weight is 494 g/mol. The Bertz CT molecular complexity index is 1790. The summed E-state index contributed by atoms with van der Waals surface area (Å²) in [6.07, 6.45) is 3.42. The van der Waals surface area contributed by atoms with Crippen molar-refractivity contribution in [1.82, 2.24) is 24.3 Å². The van der Waals surface area contributed by atoms with E-state index in [9.17, 15) is 4.79 Å². The SMILES string of the molecule is CCOc1ccc(-c2noc(Cn3ccn4nc(-c5cccc6ccccc56)cc4c3=O)n2)cc1OC. The van der Waals surface area contributed by atoms with Crippen molar-refractivity contribution in [3.8, 4) is 34.1 Å². The highest BCUT2D eigenvalue weighted by atomic mass is 16.5. The molecule has 9 heteroatoms. The lowest BCUT2D eigenvalue weighted by Gasteiger charge is -2.09. The summed E-state index contributed by atoms with van der Waals surface area (Å²) in [7, 11) is 1.58. The zero-order chi connectivity index (χ0) is 25.4. The van der Waals surface area contributed by atoms with Crippen LogP contribution in [0.25, 0.3) is 38.9 Å². The van der Waals surface area contributed by atoms with Crippen LogP contribution in [0.2, 0.25) is 0 Å². The highest BCUT2D eigenvalue weighted by Crippen LogP contribution is 2.32. The second-order valence-corrected chi connectivity index (χ2v) is 8.43. The first kappa shape index (κ1) is 22.5. The van der Waals surface area contributed by atoms with Crippen LogP contribution in [0.1, 0.15) is 12.8 Å². The lowest BCUT2D eigenvalue weighted by Crippen LogP contribution is -2.21. The Morgan fingerprint density at radius 2 is 1.84 bits per heavy atom. The maximum atomic E-state index is 13.3. The summed E-state index contributed by atoms with van der Waals surface area (Å²) in [5.41, 5.74) is 2.68. The summed E-state index contributed by atoms with van der Waals surface area (Å²) in [6.45, 7) is 2.57. The molecule has 0 radical (unpaired) electrons. The molecule has 3 aromatic heterocycles. The smallest absolute Gasteiger partial charge is 0.277 e. The maximum Gasteiger partial charge on any atom is 0.277 e. The first-order valence-electron chi connectivity index (χ1n) is 11.9. The monoisotopic (exact) mass is 493 g/mol. The Kier molecular flexibility index (Phi) is 5.65. The number of hydrogen-bond acceptors (Lipinski definition) is 7. The van der Waals surface area contributed by atoms with Crippen LogP contribution < -0.4 is 15.0 Å². The fourth-order valence-electron chi connectivity index (χ4n) is 4.39. The van der Waals surface area contributed by atoms with E-state index in [4.69, 9.17) is 14.0 Å². The third kappa shape index (κ3) is 4.10. The fraction of sp³-hybridized carbons (Fsp3) is 0.143. The van der Waals surface area contributed by atoms with E-state index in [0.29, 0.717) is 40.9 Å². The van der Waals surface area contributed by atoms with Gasteiger partial charge < -0.3 is 18.6 Å². The topological polar surface area (TPSA) is 96.7 Å². The van der Waals surface area contributed by atoms with Crippen LogP contribution in [0.4, 0.5) is 0 Å². The van der Waals surface area contributed by atoms with E-state index in [1.54, 1.807) is 36.2 Å². The third-order valence-corrected chi connectivity index (χ3v) is 6.16. The predicted molar refractivity (Wildman–Crippen MR) is 139 cm³/mol. The molecule has 0 amide bonds. The van der Waals surface area contributed by atoms with Crippen molar-refractivity contribution in [2.24, 2.45) is 0 Å². The Morgan fingerprint density at radius 3 is 2.70 bits per heavy atom. The van der Waals surface area contributed by atoms with Gasteiger partial charge in [0, 0.05) is 23.5 Å². The number of nitrogens with zero attached hydrogens (tertiary/aromatic N) is 5. The minimum Gasteiger partial charge on any atom is -0.493 e. The van der Waals surface area contributed by atoms with Crippen LogP contribution in [-0.2, 0) is 6.54 Å². The van der Waals surface area contributed by atoms with Gasteiger partial charge in [0.25, 0.3) is 5.56 Å². The summed E-state index contributed by atoms with van der Waals surface area (Å²) >= 11 is 0. The molecule has 3 heterocycles. The van der Waals surface area contributed by atoms with Crippen molar-refractivity contribution in [2.45, 2.75) is 13.5 Å². The standard InChI is InChI=1S/C28H23N5O4/c1-3-36-24-12-11-19(15-25(24)35-2)27-29-26(37-31-27)17-32-13-14-33-23(28(32)34)16-22(30-33)21-10-6-8-18-7-4-5-9-20(18)21/h4-16H,3,17H2,1-2H3. The highest BCUT2D eigenvalue weighted by Gasteiger charge is 2.15. The quantitative estimate of drug-likeness (QED) is 0.314. The molecule has 184 valence electrons. The number of fused-ring (bicyclic) bond motifs is 2. The minimum absolute atomic E-state index is 0.130. The van der Waals surface area contributed by atoms with Gasteiger partial charge >= 0.3 is 0 Å². The van der Waals surface area contributed by atoms with E-state index < -0.39 is 0 Å². The second kappa shape index (κ2) is 9.27. The molecule has 0 unspecified atom stereocenters. The molecular weight excluding hydrogens is 470 g/mol. The molecule has 0 saturated carbocycles. The van der Waals surface area contributed by atoms with Crippen LogP contribution in [0.15, 0.2) is 88.4 Å². The first-order chi connectivity index (χ1) is 18.1. The van der Waals surface area contributed by atoms with Crippen LogP contribution in [0, 0.1) is 0 Å². The van der Waals surface area contributed by atoms with Crippen molar-refractivity contribution in [3.63, 3.8) is 0 Å². The molecule has 0 saturated heterocycles. The van der Waals surface area contributed by atoms with Gasteiger partial charge in [-0.15, -0.1) is 0 Å². The van der Waals surface area contributed by atoms with Crippen LogP contribution >= 0.6 is 0 Å². The summed E-state index contributed by atoms with van der Waals surface area (Å²) in [5, 5.41) is 10.9. The molecule has 6 aromatic rings. The molecule has 0 aliphatic heterocycles. The molecule has 0 spiro atoms. The van der Waals surface area contributed by atoms with Crippen LogP contribution in [0.3, 0.4) is 0 Å². The summed E-state index contributed by atoms with van der Waals surface area (Å²) in [5.74, 6) is 1.92. The van der Waals surface area contributed by atoms with E-state index in [1.165, 1.54) is 4.57 Å². The normalized spacial score (nSPS) is 11.3. The maximum absolute atomic E-state index is 13.3. The number of ether oxygens (including phenoxy) is 2. The molecule has 3 aromatic carbocycles. The number of aromatic nitrogens is 5. The van der Waals surface area contributed by atoms with E-state index in [-0.39, 0.29) is 12.1 Å². The Balaban J connectivity index is 1.30. The minimum atomic E-state index is -0.205. The van der Waals surface area contributed by atoms with Gasteiger partial charge in [-0.25, -0.2) is 4.52 Å². The van der Waals surface area contributed by atoms with Gasteiger partial charge in [-0.05, 0) is 42.0 Å². The molecule has 0 fully saturated rings. The van der Waals surface area contributed by atoms with Crippen LogP contribution in [-0.4, -0.2) is 38.0 Å². The summed E-state index contributed by atoms with van der Waals surface area (Å²) < 4.78 is 19.6. The number of methoxy groups -OCH3 is 1. The van der Waals surface area contributed by atoms with Gasteiger partial charge in [0.1, 0.15) is 12.1 Å². The van der Waals surface area contributed by atoms with Gasteiger partial charge in [-0.2, -0.15) is 10.1 Å². The lowest BCUT2D eigenvalue weighted by atomic mass is 10.0. The molecule has 9 nitrogen and oxygen atoms in total. The van der Waals surface area contributed by atoms with E-state index in [1.807, 2.05) is 43.3 Å². The van der Waals surface area contributed by atoms with Gasteiger partial charge in [0.05, 0.1) is 19.4 Å². The number of benzene rings is 3. The molecule has 0 aliphatic carbocycles. The average Bonchev–Trinajstić information content (AvgIpc) is 3.58. The van der Waals surface area contributed by atoms with Crippen molar-refractivity contribution in [3.05, 3.63) is 95.4 Å². The highest BCUT2D eigenvalue weighted by molar-refractivity contribution is 5.96. The third-order valence-electron chi connectivity index (χ3n) is 6.16. The summed E-state index contributed by atoms with van der Waals surface area (Å²) in [4.78, 5) is 17.8. The Labute approximate surface area is 211 Å². The second-order valence-electron chi connectivity index (χ2n) is 8.43. The van der Waals surface area contributed by atoms with E-state index >= 15 is 0 Å². The number of rotatable bonds is 7. The van der Waals surface area contributed by atoms with Crippen molar-refractivity contribution < 1.29 is 14.0 Å². The van der Waals surface area contributed by atoms with Gasteiger partial charge in [-0.3, -0.25) is 4.79 Å². The van der Waals surface area contributed by atoms with Gasteiger partial charge in [-0.1, -0.05) is 47.6 Å². The van der Waals surface area contributed by atoms with Crippen molar-refractivity contribution >= 4 is 16.3 Å². The van der Waals surface area contributed by atoms with E-state index in [0.717, 1.165) is 22.0 Å². The molecule has 0 N–H and O–H groups in total. The fourth-order valence-corrected chi connectivity index (χ4v) is 4.39. The van der Waals surface area contributed by atoms with Gasteiger partial charge in [0.2, 0.25) is 11.7 Å². The summed E-state index contributed by atoms with van der Waals surface area (Å²) in [6, 6.07) is 21.4. The molecule has 0 bridgehead atoms. The van der Waals surface area contributed by atoms with Gasteiger partial charge in [0.15, 0.2) is 11.5 Å². The van der Waals surface area contributed by atoms with Crippen molar-refractivity contribution in [1.29, 1.82) is 0 Å². The van der Waals surface area contributed by atoms with Crippen molar-refractivity contribution in [2.75, 3.05) is 13.7 Å². The molecule has 37 heavy (non-hydrogen) atoms. The van der Waals surface area contributed by atoms with E-state index in [2.05, 4.69) is 33.4 Å². The molecule has 0 atom stereocenters. The Hall–Kier alpha value is -4.92. The largest absolute Gasteiger partial charge is 0.493 e. The zero-order valence-corrected chi connectivity index (χ0v) is 20.3. The van der Waals surface area contributed by atoms with Crippen LogP contribution in [0.5, 0.6) is 11.5 Å². The number of hydrogen-bond donors (Lipinski definition) is 0. The molecule has 6 rings (SSSR count). The molecular formula is C28H23N5O4. The first-order valence-corrected chi connectivity index (χ1v) is 11.9. The predicted octanol–water partition coefficient (Wildman–Crippen LogP) is 4.82.